The van der Waals surface area contributed by atoms with Crippen molar-refractivity contribution < 1.29 is 4.57 Å². The Morgan fingerprint density at radius 2 is 1.17 bits per heavy atom. The van der Waals surface area contributed by atoms with Crippen molar-refractivity contribution in [2.24, 2.45) is 0 Å². The first-order valence-electron chi connectivity index (χ1n) is 7.73. The van der Waals surface area contributed by atoms with E-state index in [0.717, 1.165) is 17.2 Å². The summed E-state index contributed by atoms with van der Waals surface area (Å²) in [6.07, 6.45) is 4.23. The molecule has 2 nitrogen and oxygen atoms in total. The predicted molar refractivity (Wildman–Crippen MR) is 92.7 cm³/mol. The molecule has 0 unspecified atom stereocenters. The zero-order valence-electron chi connectivity index (χ0n) is 12.7. The molecule has 2 heteroatoms. The highest BCUT2D eigenvalue weighted by Crippen LogP contribution is 2.21. The minimum absolute atomic E-state index is 1.14. The van der Waals surface area contributed by atoms with E-state index in [9.17, 15) is 0 Å². The second-order valence-electron chi connectivity index (χ2n) is 5.40. The highest BCUT2D eigenvalue weighted by Gasteiger charge is 2.21. The SMILES string of the molecule is c1ccc(-c2n(-c3ccccc3)cc[n+]2-c2ccccc2)cc1. The Morgan fingerprint density at radius 1 is 0.609 bits per heavy atom. The van der Waals surface area contributed by atoms with Crippen LogP contribution in [0.15, 0.2) is 103 Å². The van der Waals surface area contributed by atoms with Crippen LogP contribution in [0.3, 0.4) is 0 Å². The van der Waals surface area contributed by atoms with Crippen LogP contribution < -0.4 is 4.57 Å². The van der Waals surface area contributed by atoms with E-state index in [1.807, 2.05) is 18.2 Å². The fourth-order valence-corrected chi connectivity index (χ4v) is 2.85. The first-order valence-corrected chi connectivity index (χ1v) is 7.73. The summed E-state index contributed by atoms with van der Waals surface area (Å²) >= 11 is 0. The topological polar surface area (TPSA) is 8.81 Å². The predicted octanol–water partition coefficient (Wildman–Crippen LogP) is 4.42. The van der Waals surface area contributed by atoms with E-state index >= 15 is 0 Å². The zero-order chi connectivity index (χ0) is 15.5. The Bertz CT molecular complexity index is 838. The molecule has 0 saturated heterocycles. The van der Waals surface area contributed by atoms with E-state index in [4.69, 9.17) is 0 Å². The lowest BCUT2D eigenvalue weighted by atomic mass is 10.2. The van der Waals surface area contributed by atoms with E-state index in [2.05, 4.69) is 94.3 Å². The molecular formula is C21H17N2+. The molecule has 4 aromatic rings. The Hall–Kier alpha value is -3.13. The van der Waals surface area contributed by atoms with Gasteiger partial charge in [-0.2, -0.15) is 9.13 Å². The molecule has 0 amide bonds. The number of para-hydroxylation sites is 2. The van der Waals surface area contributed by atoms with Crippen LogP contribution in [0, 0.1) is 0 Å². The number of nitrogens with zero attached hydrogens (tertiary/aromatic N) is 2. The molecule has 110 valence electrons. The highest BCUT2D eigenvalue weighted by atomic mass is 15.2. The molecule has 4 rings (SSSR count). The van der Waals surface area contributed by atoms with Gasteiger partial charge in [0.2, 0.25) is 0 Å². The normalized spacial score (nSPS) is 10.6. The van der Waals surface area contributed by atoms with Gasteiger partial charge in [0.15, 0.2) is 0 Å². The van der Waals surface area contributed by atoms with Crippen LogP contribution in [-0.4, -0.2) is 4.57 Å². The fraction of sp³-hybridized carbons (Fsp3) is 0. The van der Waals surface area contributed by atoms with Gasteiger partial charge < -0.3 is 0 Å². The molecule has 1 aromatic heterocycles. The maximum Gasteiger partial charge on any atom is 0.299 e. The summed E-state index contributed by atoms with van der Waals surface area (Å²) in [6, 6.07) is 31.4. The van der Waals surface area contributed by atoms with Crippen LogP contribution in [0.5, 0.6) is 0 Å². The third kappa shape index (κ3) is 2.55. The molecular weight excluding hydrogens is 280 g/mol. The lowest BCUT2D eigenvalue weighted by Gasteiger charge is -2.05. The third-order valence-electron chi connectivity index (χ3n) is 3.92. The molecule has 0 saturated carbocycles. The molecule has 1 heterocycles. The molecule has 0 spiro atoms. The second kappa shape index (κ2) is 5.93. The minimum Gasteiger partial charge on any atom is -0.195 e. The van der Waals surface area contributed by atoms with Crippen molar-refractivity contribution in [2.45, 2.75) is 0 Å². The van der Waals surface area contributed by atoms with Gasteiger partial charge >= 0.3 is 0 Å². The standard InChI is InChI=1S/C21H17N2/c1-4-10-18(11-5-1)21-22(19-12-6-2-7-13-19)16-17-23(21)20-14-8-3-9-15-20/h1-17H/q+1. The minimum atomic E-state index is 1.14. The van der Waals surface area contributed by atoms with Gasteiger partial charge in [0.05, 0.1) is 5.56 Å². The number of benzene rings is 3. The Labute approximate surface area is 135 Å². The molecule has 0 fully saturated rings. The van der Waals surface area contributed by atoms with Gasteiger partial charge in [-0.05, 0) is 36.4 Å². The van der Waals surface area contributed by atoms with Crippen LogP contribution >= 0.6 is 0 Å². The van der Waals surface area contributed by atoms with Crippen LogP contribution in [0.2, 0.25) is 0 Å². The summed E-state index contributed by atoms with van der Waals surface area (Å²) in [5.74, 6) is 1.14. The average molecular weight is 297 g/mol. The molecule has 0 bridgehead atoms. The van der Waals surface area contributed by atoms with Crippen molar-refractivity contribution in [1.29, 1.82) is 0 Å². The summed E-state index contributed by atoms with van der Waals surface area (Å²) in [7, 11) is 0. The molecule has 0 aliphatic rings. The van der Waals surface area contributed by atoms with E-state index < -0.39 is 0 Å². The van der Waals surface area contributed by atoms with Crippen molar-refractivity contribution in [3.63, 3.8) is 0 Å². The van der Waals surface area contributed by atoms with Gasteiger partial charge in [-0.25, -0.2) is 0 Å². The van der Waals surface area contributed by atoms with Crippen molar-refractivity contribution in [3.05, 3.63) is 103 Å². The Balaban J connectivity index is 1.97. The van der Waals surface area contributed by atoms with Crippen molar-refractivity contribution in [2.75, 3.05) is 0 Å². The summed E-state index contributed by atoms with van der Waals surface area (Å²) in [5, 5.41) is 0. The summed E-state index contributed by atoms with van der Waals surface area (Å²) in [5.41, 5.74) is 3.49. The van der Waals surface area contributed by atoms with Crippen molar-refractivity contribution >= 4 is 0 Å². The number of hydrogen-bond acceptors (Lipinski definition) is 0. The monoisotopic (exact) mass is 297 g/mol. The second-order valence-corrected chi connectivity index (χ2v) is 5.40. The first kappa shape index (κ1) is 13.5. The van der Waals surface area contributed by atoms with Gasteiger partial charge in [0.25, 0.3) is 5.82 Å². The van der Waals surface area contributed by atoms with E-state index in [0.29, 0.717) is 0 Å². The average Bonchev–Trinajstić information content (AvgIpc) is 3.09. The third-order valence-corrected chi connectivity index (χ3v) is 3.92. The van der Waals surface area contributed by atoms with E-state index in [-0.39, 0.29) is 0 Å². The number of hydrogen-bond donors (Lipinski definition) is 0. The molecule has 0 atom stereocenters. The van der Waals surface area contributed by atoms with Gasteiger partial charge in [-0.1, -0.05) is 54.6 Å². The largest absolute Gasteiger partial charge is 0.299 e. The van der Waals surface area contributed by atoms with Crippen molar-refractivity contribution in [3.8, 4) is 22.8 Å². The van der Waals surface area contributed by atoms with Gasteiger partial charge in [-0.3, -0.25) is 0 Å². The summed E-state index contributed by atoms with van der Waals surface area (Å²) < 4.78 is 4.45. The van der Waals surface area contributed by atoms with Crippen molar-refractivity contribution in [1.82, 2.24) is 4.57 Å². The Morgan fingerprint density at radius 3 is 1.83 bits per heavy atom. The van der Waals surface area contributed by atoms with Crippen LogP contribution in [0.4, 0.5) is 0 Å². The van der Waals surface area contributed by atoms with Crippen LogP contribution in [0.1, 0.15) is 0 Å². The fourth-order valence-electron chi connectivity index (χ4n) is 2.85. The quantitative estimate of drug-likeness (QED) is 0.495. The molecule has 3 aromatic carbocycles. The molecule has 0 aliphatic heterocycles. The van der Waals surface area contributed by atoms with Gasteiger partial charge in [0, 0.05) is 0 Å². The summed E-state index contributed by atoms with van der Waals surface area (Å²) in [4.78, 5) is 0. The molecule has 23 heavy (non-hydrogen) atoms. The lowest BCUT2D eigenvalue weighted by Crippen LogP contribution is -2.31. The molecule has 0 N–H and O–H groups in total. The van der Waals surface area contributed by atoms with Crippen LogP contribution in [-0.2, 0) is 0 Å². The zero-order valence-corrected chi connectivity index (χ0v) is 12.7. The smallest absolute Gasteiger partial charge is 0.195 e. The lowest BCUT2D eigenvalue weighted by molar-refractivity contribution is -0.582. The number of aromatic nitrogens is 2. The van der Waals surface area contributed by atoms with Gasteiger partial charge in [-0.15, -0.1) is 0 Å². The number of rotatable bonds is 3. The Kier molecular flexibility index (Phi) is 3.49. The van der Waals surface area contributed by atoms with Crippen LogP contribution in [0.25, 0.3) is 22.8 Å². The molecule has 0 aliphatic carbocycles. The molecule has 0 radical (unpaired) electrons. The van der Waals surface area contributed by atoms with E-state index in [1.165, 1.54) is 5.56 Å². The number of imidazole rings is 1. The van der Waals surface area contributed by atoms with E-state index in [1.54, 1.807) is 0 Å². The van der Waals surface area contributed by atoms with Gasteiger partial charge in [0.1, 0.15) is 23.8 Å². The first-order chi connectivity index (χ1) is 11.4. The maximum atomic E-state index is 2.22. The summed E-state index contributed by atoms with van der Waals surface area (Å²) in [6.45, 7) is 0. The maximum absolute atomic E-state index is 2.22. The highest BCUT2D eigenvalue weighted by molar-refractivity contribution is 5.56.